The van der Waals surface area contributed by atoms with Crippen molar-refractivity contribution >= 4 is 17.6 Å². The Balaban J connectivity index is 3.20. The Labute approximate surface area is 86.5 Å². The summed E-state index contributed by atoms with van der Waals surface area (Å²) in [5, 5.41) is 8.91. The van der Waals surface area contributed by atoms with Crippen molar-refractivity contribution in [2.24, 2.45) is 5.73 Å². The van der Waals surface area contributed by atoms with Crippen LogP contribution in [0.5, 0.6) is 0 Å². The fourth-order valence-corrected chi connectivity index (χ4v) is 1.19. The molecule has 0 fully saturated rings. The molecule has 0 amide bonds. The summed E-state index contributed by atoms with van der Waals surface area (Å²) in [5.74, 6) is 4.25. The molecule has 3 nitrogen and oxygen atoms in total. The minimum absolute atomic E-state index is 0.0514. The van der Waals surface area contributed by atoms with Gasteiger partial charge in [0.15, 0.2) is 0 Å². The van der Waals surface area contributed by atoms with E-state index in [4.69, 9.17) is 22.4 Å². The number of hydrogen-bond acceptors (Lipinski definition) is 2. The zero-order valence-electron chi connectivity index (χ0n) is 7.25. The number of carboxylic acid groups (broad SMARTS) is 1. The molecule has 0 heterocycles. The molecule has 0 aromatic heterocycles. The molecule has 1 aromatic carbocycles. The van der Waals surface area contributed by atoms with Crippen molar-refractivity contribution in [1.29, 1.82) is 0 Å². The Kier molecular flexibility index (Phi) is 3.52. The van der Waals surface area contributed by atoms with Gasteiger partial charge in [-0.25, -0.2) is 4.79 Å². The molecule has 14 heavy (non-hydrogen) atoms. The van der Waals surface area contributed by atoms with E-state index < -0.39 is 5.97 Å². The van der Waals surface area contributed by atoms with E-state index in [0.717, 1.165) is 0 Å². The second-order valence-electron chi connectivity index (χ2n) is 2.48. The van der Waals surface area contributed by atoms with E-state index in [1.54, 1.807) is 12.1 Å². The summed E-state index contributed by atoms with van der Waals surface area (Å²) in [6.07, 6.45) is 0. The van der Waals surface area contributed by atoms with E-state index in [9.17, 15) is 4.79 Å². The van der Waals surface area contributed by atoms with Crippen LogP contribution in [-0.2, 0) is 0 Å². The normalized spacial score (nSPS) is 9.00. The highest BCUT2D eigenvalue weighted by molar-refractivity contribution is 6.34. The number of carbonyl (C=O) groups is 1. The van der Waals surface area contributed by atoms with Crippen molar-refractivity contribution in [3.63, 3.8) is 0 Å². The summed E-state index contributed by atoms with van der Waals surface area (Å²) < 4.78 is 0. The molecule has 0 aliphatic carbocycles. The van der Waals surface area contributed by atoms with Gasteiger partial charge in [-0.2, -0.15) is 0 Å². The molecule has 0 aliphatic rings. The van der Waals surface area contributed by atoms with Crippen molar-refractivity contribution in [3.05, 3.63) is 34.3 Å². The molecule has 0 aliphatic heterocycles. The van der Waals surface area contributed by atoms with Crippen molar-refractivity contribution < 1.29 is 9.90 Å². The van der Waals surface area contributed by atoms with Gasteiger partial charge in [0.2, 0.25) is 0 Å². The van der Waals surface area contributed by atoms with E-state index in [1.165, 1.54) is 6.07 Å². The average Bonchev–Trinajstić information content (AvgIpc) is 2.16. The van der Waals surface area contributed by atoms with Gasteiger partial charge >= 0.3 is 5.97 Å². The largest absolute Gasteiger partial charge is 0.478 e. The Hall–Kier alpha value is -1.50. The van der Waals surface area contributed by atoms with Gasteiger partial charge < -0.3 is 10.8 Å². The maximum absolute atomic E-state index is 10.7. The van der Waals surface area contributed by atoms with Gasteiger partial charge in [0.25, 0.3) is 0 Å². The van der Waals surface area contributed by atoms with Gasteiger partial charge in [0, 0.05) is 5.56 Å². The smallest absolute Gasteiger partial charge is 0.337 e. The predicted octanol–water partition coefficient (Wildman–Crippen LogP) is 1.35. The molecule has 72 valence electrons. The lowest BCUT2D eigenvalue weighted by Crippen LogP contribution is -1.98. The molecule has 0 saturated heterocycles. The van der Waals surface area contributed by atoms with Gasteiger partial charge in [0.05, 0.1) is 17.1 Å². The van der Waals surface area contributed by atoms with E-state index >= 15 is 0 Å². The zero-order chi connectivity index (χ0) is 10.6. The first-order valence-corrected chi connectivity index (χ1v) is 4.25. The molecule has 4 heteroatoms. The SMILES string of the molecule is NCC#Cc1cccc(C(=O)O)c1Cl. The van der Waals surface area contributed by atoms with Gasteiger partial charge in [-0.05, 0) is 12.1 Å². The summed E-state index contributed by atoms with van der Waals surface area (Å²) in [6, 6.07) is 4.67. The number of benzene rings is 1. The maximum atomic E-state index is 10.7. The summed E-state index contributed by atoms with van der Waals surface area (Å²) in [4.78, 5) is 10.7. The highest BCUT2D eigenvalue weighted by Crippen LogP contribution is 2.20. The van der Waals surface area contributed by atoms with Crippen LogP contribution in [0, 0.1) is 11.8 Å². The van der Waals surface area contributed by atoms with Gasteiger partial charge in [-0.3, -0.25) is 0 Å². The molecule has 0 atom stereocenters. The number of hydrogen-bond donors (Lipinski definition) is 2. The molecule has 0 bridgehead atoms. The van der Waals surface area contributed by atoms with Crippen LogP contribution in [0.4, 0.5) is 0 Å². The van der Waals surface area contributed by atoms with E-state index in [-0.39, 0.29) is 17.1 Å². The number of rotatable bonds is 1. The van der Waals surface area contributed by atoms with E-state index in [2.05, 4.69) is 11.8 Å². The highest BCUT2D eigenvalue weighted by Gasteiger charge is 2.10. The Morgan fingerprint density at radius 3 is 2.86 bits per heavy atom. The van der Waals surface area contributed by atoms with Crippen molar-refractivity contribution in [3.8, 4) is 11.8 Å². The van der Waals surface area contributed by atoms with Gasteiger partial charge in [-0.1, -0.05) is 29.5 Å². The predicted molar refractivity (Wildman–Crippen MR) is 54.3 cm³/mol. The number of carboxylic acids is 1. The first kappa shape index (κ1) is 10.6. The minimum atomic E-state index is -1.06. The van der Waals surface area contributed by atoms with E-state index in [0.29, 0.717) is 5.56 Å². The Morgan fingerprint density at radius 1 is 1.57 bits per heavy atom. The molecule has 0 saturated carbocycles. The Morgan fingerprint density at radius 2 is 2.29 bits per heavy atom. The average molecular weight is 210 g/mol. The maximum Gasteiger partial charge on any atom is 0.337 e. The number of aromatic carboxylic acids is 1. The number of nitrogens with two attached hydrogens (primary N) is 1. The lowest BCUT2D eigenvalue weighted by atomic mass is 10.1. The topological polar surface area (TPSA) is 63.3 Å². The second kappa shape index (κ2) is 4.66. The van der Waals surface area contributed by atoms with Crippen LogP contribution >= 0.6 is 11.6 Å². The van der Waals surface area contributed by atoms with Gasteiger partial charge in [-0.15, -0.1) is 0 Å². The summed E-state index contributed by atoms with van der Waals surface area (Å²) >= 11 is 5.82. The highest BCUT2D eigenvalue weighted by atomic mass is 35.5. The zero-order valence-corrected chi connectivity index (χ0v) is 8.01. The molecule has 0 unspecified atom stereocenters. The van der Waals surface area contributed by atoms with Crippen LogP contribution in [0.25, 0.3) is 0 Å². The quantitative estimate of drug-likeness (QED) is 0.687. The van der Waals surface area contributed by atoms with Crippen molar-refractivity contribution in [2.45, 2.75) is 0 Å². The third-order valence-electron chi connectivity index (χ3n) is 1.55. The number of halogens is 1. The van der Waals surface area contributed by atoms with E-state index in [1.807, 2.05) is 0 Å². The van der Waals surface area contributed by atoms with Crippen LogP contribution in [0.15, 0.2) is 18.2 Å². The van der Waals surface area contributed by atoms with Crippen LogP contribution < -0.4 is 5.73 Å². The first-order valence-electron chi connectivity index (χ1n) is 3.87. The minimum Gasteiger partial charge on any atom is -0.478 e. The lowest BCUT2D eigenvalue weighted by molar-refractivity contribution is 0.0697. The van der Waals surface area contributed by atoms with Crippen LogP contribution in [-0.4, -0.2) is 17.6 Å². The second-order valence-corrected chi connectivity index (χ2v) is 2.86. The van der Waals surface area contributed by atoms with Crippen LogP contribution in [0.1, 0.15) is 15.9 Å². The fourth-order valence-electron chi connectivity index (χ4n) is 0.940. The van der Waals surface area contributed by atoms with Crippen molar-refractivity contribution in [2.75, 3.05) is 6.54 Å². The molecule has 3 N–H and O–H groups in total. The molecule has 0 spiro atoms. The standard InChI is InChI=1S/C10H8ClNO2/c11-9-7(4-2-6-12)3-1-5-8(9)10(13)14/h1,3,5H,6,12H2,(H,13,14). The molecular weight excluding hydrogens is 202 g/mol. The van der Waals surface area contributed by atoms with Crippen molar-refractivity contribution in [1.82, 2.24) is 0 Å². The third-order valence-corrected chi connectivity index (χ3v) is 1.96. The third kappa shape index (κ3) is 2.25. The molecular formula is C10H8ClNO2. The monoisotopic (exact) mass is 209 g/mol. The van der Waals surface area contributed by atoms with Gasteiger partial charge in [0.1, 0.15) is 0 Å². The Bertz CT molecular complexity index is 418. The lowest BCUT2D eigenvalue weighted by Gasteiger charge is -1.99. The summed E-state index contributed by atoms with van der Waals surface area (Å²) in [7, 11) is 0. The summed E-state index contributed by atoms with van der Waals surface area (Å²) in [5.41, 5.74) is 5.73. The molecule has 1 aromatic rings. The molecule has 1 rings (SSSR count). The fraction of sp³-hybridized carbons (Fsp3) is 0.100. The van der Waals surface area contributed by atoms with Crippen LogP contribution in [0.2, 0.25) is 5.02 Å². The first-order chi connectivity index (χ1) is 6.66. The molecule has 0 radical (unpaired) electrons. The van der Waals surface area contributed by atoms with Crippen LogP contribution in [0.3, 0.4) is 0 Å². The summed E-state index contributed by atoms with van der Waals surface area (Å²) in [6.45, 7) is 0.216.